The van der Waals surface area contributed by atoms with Crippen molar-refractivity contribution in [3.63, 3.8) is 0 Å². The van der Waals surface area contributed by atoms with E-state index in [1.807, 2.05) is 18.2 Å². The van der Waals surface area contributed by atoms with Crippen LogP contribution in [0, 0.1) is 5.82 Å². The van der Waals surface area contributed by atoms with E-state index in [1.165, 1.54) is 30.2 Å². The molecular weight excluding hydrogens is 373 g/mol. The summed E-state index contributed by atoms with van der Waals surface area (Å²) in [6.07, 6.45) is 2.21. The first-order valence-corrected chi connectivity index (χ1v) is 9.00. The molecule has 0 spiro atoms. The molecule has 0 aliphatic heterocycles. The molecule has 0 bridgehead atoms. The lowest BCUT2D eigenvalue weighted by Gasteiger charge is -2.14. The number of fused-ring (bicyclic) bond motifs is 1. The lowest BCUT2D eigenvalue weighted by atomic mass is 10.1. The second kappa shape index (κ2) is 8.39. The van der Waals surface area contributed by atoms with Gasteiger partial charge in [-0.3, -0.25) is 4.79 Å². The van der Waals surface area contributed by atoms with Crippen LogP contribution in [0.1, 0.15) is 24.5 Å². The van der Waals surface area contributed by atoms with Crippen LogP contribution >= 0.6 is 11.6 Å². The van der Waals surface area contributed by atoms with Crippen LogP contribution in [0.15, 0.2) is 36.4 Å². The zero-order chi connectivity index (χ0) is 19.4. The number of carbonyl (C=O) groups excluding carboxylic acids is 2. The van der Waals surface area contributed by atoms with Crippen LogP contribution < -0.4 is 10.1 Å². The van der Waals surface area contributed by atoms with Gasteiger partial charge in [-0.15, -0.1) is 0 Å². The summed E-state index contributed by atoms with van der Waals surface area (Å²) >= 11 is 5.82. The Kier molecular flexibility index (Phi) is 5.96. The number of anilines is 1. The van der Waals surface area contributed by atoms with Gasteiger partial charge in [-0.1, -0.05) is 17.7 Å². The van der Waals surface area contributed by atoms with Gasteiger partial charge in [-0.2, -0.15) is 0 Å². The van der Waals surface area contributed by atoms with Gasteiger partial charge in [0, 0.05) is 5.69 Å². The molecule has 2 aromatic rings. The maximum absolute atomic E-state index is 13.0. The summed E-state index contributed by atoms with van der Waals surface area (Å²) in [4.78, 5) is 24.1. The Hall–Kier alpha value is -2.60. The monoisotopic (exact) mass is 391 g/mol. The van der Waals surface area contributed by atoms with Gasteiger partial charge in [0.1, 0.15) is 11.6 Å². The minimum Gasteiger partial charge on any atom is -0.480 e. The predicted octanol–water partition coefficient (Wildman–Crippen LogP) is 3.92. The summed E-state index contributed by atoms with van der Waals surface area (Å²) in [5.74, 6) is -1.51. The summed E-state index contributed by atoms with van der Waals surface area (Å²) < 4.78 is 23.3. The number of esters is 1. The van der Waals surface area contributed by atoms with Crippen LogP contribution in [0.3, 0.4) is 0 Å². The molecule has 0 radical (unpaired) electrons. The normalized spacial score (nSPS) is 13.6. The van der Waals surface area contributed by atoms with Gasteiger partial charge in [-0.05, 0) is 67.6 Å². The Morgan fingerprint density at radius 1 is 1.19 bits per heavy atom. The van der Waals surface area contributed by atoms with Crippen LogP contribution in [0.5, 0.6) is 5.75 Å². The number of carbonyl (C=O) groups is 2. The zero-order valence-electron chi connectivity index (χ0n) is 14.8. The second-order valence-corrected chi connectivity index (χ2v) is 6.73. The van der Waals surface area contributed by atoms with Crippen molar-refractivity contribution in [2.45, 2.75) is 32.3 Å². The van der Waals surface area contributed by atoms with Crippen molar-refractivity contribution in [2.75, 3.05) is 11.9 Å². The van der Waals surface area contributed by atoms with Gasteiger partial charge in [0.2, 0.25) is 0 Å². The van der Waals surface area contributed by atoms with Gasteiger partial charge in [0.05, 0.1) is 5.02 Å². The summed E-state index contributed by atoms with van der Waals surface area (Å²) in [5, 5.41) is 2.79. The number of hydrogen-bond acceptors (Lipinski definition) is 4. The molecule has 3 rings (SSSR count). The summed E-state index contributed by atoms with van der Waals surface area (Å²) in [7, 11) is 0. The molecule has 1 atom stereocenters. The van der Waals surface area contributed by atoms with E-state index in [0.29, 0.717) is 5.69 Å². The molecule has 142 valence electrons. The largest absolute Gasteiger partial charge is 0.480 e. The quantitative estimate of drug-likeness (QED) is 0.758. The van der Waals surface area contributed by atoms with E-state index in [-0.39, 0.29) is 10.8 Å². The van der Waals surface area contributed by atoms with Crippen molar-refractivity contribution >= 4 is 29.2 Å². The minimum atomic E-state index is -0.988. The molecule has 1 aliphatic rings. The minimum absolute atomic E-state index is 0.0465. The average molecular weight is 392 g/mol. The molecule has 2 aromatic carbocycles. The summed E-state index contributed by atoms with van der Waals surface area (Å²) in [6.45, 7) is 1.04. The highest BCUT2D eigenvalue weighted by atomic mass is 35.5. The van der Waals surface area contributed by atoms with Gasteiger partial charge >= 0.3 is 5.97 Å². The highest BCUT2D eigenvalue weighted by Gasteiger charge is 2.19. The Morgan fingerprint density at radius 2 is 1.96 bits per heavy atom. The Bertz CT molecular complexity index is 871. The Morgan fingerprint density at radius 3 is 2.74 bits per heavy atom. The molecule has 0 fully saturated rings. The number of halogens is 2. The van der Waals surface area contributed by atoms with Gasteiger partial charge in [0.25, 0.3) is 5.91 Å². The highest BCUT2D eigenvalue weighted by molar-refractivity contribution is 6.32. The third kappa shape index (κ3) is 4.98. The van der Waals surface area contributed by atoms with Crippen molar-refractivity contribution in [1.29, 1.82) is 0 Å². The van der Waals surface area contributed by atoms with E-state index < -0.39 is 30.4 Å². The van der Waals surface area contributed by atoms with Crippen molar-refractivity contribution in [2.24, 2.45) is 0 Å². The zero-order valence-corrected chi connectivity index (χ0v) is 15.5. The van der Waals surface area contributed by atoms with Crippen LogP contribution in [0.25, 0.3) is 0 Å². The van der Waals surface area contributed by atoms with E-state index >= 15 is 0 Å². The van der Waals surface area contributed by atoms with Gasteiger partial charge in [0.15, 0.2) is 12.7 Å². The molecule has 0 saturated carbocycles. The van der Waals surface area contributed by atoms with Crippen LogP contribution in [-0.2, 0) is 27.2 Å². The van der Waals surface area contributed by atoms with Gasteiger partial charge in [-0.25, -0.2) is 9.18 Å². The third-order valence-corrected chi connectivity index (χ3v) is 4.58. The SMILES string of the molecule is C[C@H](OC(=O)COc1ccc(F)cc1Cl)C(=O)Nc1ccc2c(c1)CCC2. The Labute approximate surface area is 161 Å². The number of ether oxygens (including phenoxy) is 2. The maximum Gasteiger partial charge on any atom is 0.344 e. The standard InChI is InChI=1S/C20H19ClFNO4/c1-12(20(25)23-16-7-5-13-3-2-4-14(13)9-16)27-19(24)11-26-18-8-6-15(22)10-17(18)21/h5-10,12H,2-4,11H2,1H3,(H,23,25)/t12-/m0/s1. The summed E-state index contributed by atoms with van der Waals surface area (Å²) in [5.41, 5.74) is 3.23. The molecule has 1 amide bonds. The van der Waals surface area contributed by atoms with Crippen molar-refractivity contribution < 1.29 is 23.5 Å². The fourth-order valence-electron chi connectivity index (χ4n) is 2.91. The molecule has 1 aliphatic carbocycles. The number of nitrogens with one attached hydrogen (secondary N) is 1. The number of aryl methyl sites for hydroxylation is 2. The molecule has 0 saturated heterocycles. The average Bonchev–Trinajstić information content (AvgIpc) is 3.08. The maximum atomic E-state index is 13.0. The number of amides is 1. The van der Waals surface area contributed by atoms with Crippen LogP contribution in [-0.4, -0.2) is 24.6 Å². The fraction of sp³-hybridized carbons (Fsp3) is 0.300. The molecule has 0 aromatic heterocycles. The second-order valence-electron chi connectivity index (χ2n) is 6.32. The number of benzene rings is 2. The molecule has 7 heteroatoms. The first-order valence-electron chi connectivity index (χ1n) is 8.62. The van der Waals surface area contributed by atoms with E-state index in [2.05, 4.69) is 5.32 Å². The van der Waals surface area contributed by atoms with Crippen LogP contribution in [0.2, 0.25) is 5.02 Å². The molecular formula is C20H19ClFNO4. The lowest BCUT2D eigenvalue weighted by molar-refractivity contribution is -0.155. The fourth-order valence-corrected chi connectivity index (χ4v) is 3.13. The third-order valence-electron chi connectivity index (χ3n) is 4.28. The molecule has 1 N–H and O–H groups in total. The lowest BCUT2D eigenvalue weighted by Crippen LogP contribution is -2.31. The molecule has 5 nitrogen and oxygen atoms in total. The first kappa shape index (κ1) is 19.2. The first-order chi connectivity index (χ1) is 12.9. The van der Waals surface area contributed by atoms with Crippen molar-refractivity contribution in [1.82, 2.24) is 0 Å². The van der Waals surface area contributed by atoms with E-state index in [9.17, 15) is 14.0 Å². The van der Waals surface area contributed by atoms with Crippen LogP contribution in [0.4, 0.5) is 10.1 Å². The number of hydrogen-bond donors (Lipinski definition) is 1. The smallest absolute Gasteiger partial charge is 0.344 e. The van der Waals surface area contributed by atoms with E-state index in [0.717, 1.165) is 25.3 Å². The predicted molar refractivity (Wildman–Crippen MR) is 99.6 cm³/mol. The van der Waals surface area contributed by atoms with Crippen molar-refractivity contribution in [3.05, 3.63) is 58.4 Å². The summed E-state index contributed by atoms with van der Waals surface area (Å²) in [6, 6.07) is 9.36. The highest BCUT2D eigenvalue weighted by Crippen LogP contribution is 2.26. The Balaban J connectivity index is 1.49. The molecule has 0 unspecified atom stereocenters. The van der Waals surface area contributed by atoms with Crippen molar-refractivity contribution in [3.8, 4) is 5.75 Å². The molecule has 0 heterocycles. The van der Waals surface area contributed by atoms with E-state index in [4.69, 9.17) is 21.1 Å². The van der Waals surface area contributed by atoms with E-state index in [1.54, 1.807) is 0 Å². The topological polar surface area (TPSA) is 64.6 Å². The molecule has 27 heavy (non-hydrogen) atoms. The number of rotatable bonds is 6. The van der Waals surface area contributed by atoms with Gasteiger partial charge < -0.3 is 14.8 Å².